The van der Waals surface area contributed by atoms with Gasteiger partial charge in [-0.05, 0) is 36.8 Å². The number of para-hydroxylation sites is 1. The van der Waals surface area contributed by atoms with Crippen LogP contribution in [0.5, 0.6) is 0 Å². The van der Waals surface area contributed by atoms with Crippen LogP contribution in [-0.4, -0.2) is 30.8 Å². The van der Waals surface area contributed by atoms with Crippen LogP contribution in [0, 0.1) is 0 Å². The molecule has 7 heteroatoms. The number of benzene rings is 2. The summed E-state index contributed by atoms with van der Waals surface area (Å²) in [7, 11) is 0. The Morgan fingerprint density at radius 1 is 1.14 bits per heavy atom. The van der Waals surface area contributed by atoms with Crippen LogP contribution in [0.2, 0.25) is 5.02 Å². The van der Waals surface area contributed by atoms with E-state index in [9.17, 15) is 14.4 Å². The largest absolute Gasteiger partial charge is 0.454 e. The van der Waals surface area contributed by atoms with E-state index < -0.39 is 18.4 Å². The number of Topliss-reactive ketones (excluding diaryl/α,β-unsaturated/α-hetero) is 1. The van der Waals surface area contributed by atoms with Crippen molar-refractivity contribution >= 4 is 45.9 Å². The van der Waals surface area contributed by atoms with Crippen molar-refractivity contribution < 1.29 is 23.5 Å². The molecule has 142 valence electrons. The third-order valence-corrected chi connectivity index (χ3v) is 4.90. The van der Waals surface area contributed by atoms with Gasteiger partial charge in [0, 0.05) is 18.4 Å². The molecule has 1 amide bonds. The zero-order valence-electron chi connectivity index (χ0n) is 14.8. The Balaban J connectivity index is 1.46. The SMILES string of the molecule is O=C(OCC(=O)c1cc2ccccc2o1)c1ccc(Cl)c(N2CCCC2=O)c1. The molecule has 6 nitrogen and oxygen atoms in total. The molecule has 0 aliphatic carbocycles. The molecule has 0 bridgehead atoms. The Labute approximate surface area is 165 Å². The maximum Gasteiger partial charge on any atom is 0.338 e. The molecule has 2 aromatic carbocycles. The van der Waals surface area contributed by atoms with Crippen molar-refractivity contribution in [3.05, 3.63) is 64.9 Å². The summed E-state index contributed by atoms with van der Waals surface area (Å²) < 4.78 is 10.6. The molecule has 0 unspecified atom stereocenters. The highest BCUT2D eigenvalue weighted by molar-refractivity contribution is 6.34. The molecular weight excluding hydrogens is 382 g/mol. The van der Waals surface area contributed by atoms with Gasteiger partial charge in [-0.25, -0.2) is 4.79 Å². The molecule has 1 saturated heterocycles. The smallest absolute Gasteiger partial charge is 0.338 e. The van der Waals surface area contributed by atoms with Crippen molar-refractivity contribution in [3.63, 3.8) is 0 Å². The number of esters is 1. The van der Waals surface area contributed by atoms with E-state index in [-0.39, 0.29) is 17.2 Å². The van der Waals surface area contributed by atoms with Crippen molar-refractivity contribution in [2.75, 3.05) is 18.1 Å². The van der Waals surface area contributed by atoms with Crippen molar-refractivity contribution in [2.45, 2.75) is 12.8 Å². The van der Waals surface area contributed by atoms with Gasteiger partial charge >= 0.3 is 5.97 Å². The Morgan fingerprint density at radius 3 is 2.71 bits per heavy atom. The van der Waals surface area contributed by atoms with Crippen LogP contribution in [0.15, 0.2) is 52.9 Å². The first-order chi connectivity index (χ1) is 13.5. The minimum absolute atomic E-state index is 0.0347. The number of anilines is 1. The van der Waals surface area contributed by atoms with E-state index in [0.717, 1.165) is 11.8 Å². The third-order valence-electron chi connectivity index (χ3n) is 4.58. The second kappa shape index (κ2) is 7.48. The first-order valence-electron chi connectivity index (χ1n) is 8.82. The van der Waals surface area contributed by atoms with Crippen molar-refractivity contribution in [2.24, 2.45) is 0 Å². The van der Waals surface area contributed by atoms with E-state index in [0.29, 0.717) is 29.3 Å². The fourth-order valence-electron chi connectivity index (χ4n) is 3.15. The minimum Gasteiger partial charge on any atom is -0.454 e. The molecule has 0 spiro atoms. The van der Waals surface area contributed by atoms with Crippen LogP contribution in [0.25, 0.3) is 11.0 Å². The predicted molar refractivity (Wildman–Crippen MR) is 104 cm³/mol. The number of ketones is 1. The number of nitrogens with zero attached hydrogens (tertiary/aromatic N) is 1. The van der Waals surface area contributed by atoms with E-state index in [1.807, 2.05) is 18.2 Å². The Bertz CT molecular complexity index is 1050. The second-order valence-corrected chi connectivity index (χ2v) is 6.87. The molecule has 3 aromatic rings. The summed E-state index contributed by atoms with van der Waals surface area (Å²) in [6.45, 7) is 0.112. The molecular formula is C21H16ClNO5. The molecule has 0 N–H and O–H groups in total. The fourth-order valence-corrected chi connectivity index (χ4v) is 3.37. The lowest BCUT2D eigenvalue weighted by Gasteiger charge is -2.18. The molecule has 0 atom stereocenters. The molecule has 2 heterocycles. The molecule has 1 aromatic heterocycles. The predicted octanol–water partition coefficient (Wildman–Crippen LogP) is 4.25. The average Bonchev–Trinajstić information content (AvgIpc) is 3.32. The van der Waals surface area contributed by atoms with Crippen molar-refractivity contribution in [1.82, 2.24) is 0 Å². The van der Waals surface area contributed by atoms with Crippen molar-refractivity contribution in [3.8, 4) is 0 Å². The monoisotopic (exact) mass is 397 g/mol. The van der Waals surface area contributed by atoms with Gasteiger partial charge in [-0.15, -0.1) is 0 Å². The zero-order chi connectivity index (χ0) is 19.7. The summed E-state index contributed by atoms with van der Waals surface area (Å²) in [5, 5.41) is 1.18. The van der Waals surface area contributed by atoms with Crippen LogP contribution < -0.4 is 4.90 Å². The van der Waals surface area contributed by atoms with Crippen LogP contribution in [0.3, 0.4) is 0 Å². The maximum atomic E-state index is 12.4. The normalized spacial score (nSPS) is 13.9. The van der Waals surface area contributed by atoms with E-state index in [2.05, 4.69) is 0 Å². The minimum atomic E-state index is -0.672. The van der Waals surface area contributed by atoms with Gasteiger partial charge in [0.05, 0.1) is 16.3 Å². The summed E-state index contributed by atoms with van der Waals surface area (Å²) in [6.07, 6.45) is 1.20. The Hall–Kier alpha value is -3.12. The standard InChI is InChI=1S/C21H16ClNO5/c22-15-8-7-14(10-16(15)23-9-3-6-20(23)25)21(26)27-12-17(24)19-11-13-4-1-2-5-18(13)28-19/h1-2,4-5,7-8,10-11H,3,6,9,12H2. The van der Waals surface area contributed by atoms with Gasteiger partial charge in [-0.3, -0.25) is 9.59 Å². The number of furan rings is 1. The number of halogens is 1. The van der Waals surface area contributed by atoms with Gasteiger partial charge in [0.15, 0.2) is 12.4 Å². The van der Waals surface area contributed by atoms with E-state index in [1.54, 1.807) is 23.1 Å². The number of amides is 1. The number of carbonyl (C=O) groups excluding carboxylic acids is 3. The first-order valence-corrected chi connectivity index (χ1v) is 9.19. The molecule has 0 saturated carbocycles. The lowest BCUT2D eigenvalue weighted by Crippen LogP contribution is -2.24. The number of hydrogen-bond acceptors (Lipinski definition) is 5. The molecule has 28 heavy (non-hydrogen) atoms. The average molecular weight is 398 g/mol. The topological polar surface area (TPSA) is 76.8 Å². The highest BCUT2D eigenvalue weighted by Crippen LogP contribution is 2.30. The number of carbonyl (C=O) groups is 3. The Kier molecular flexibility index (Phi) is 4.88. The van der Waals surface area contributed by atoms with Gasteiger partial charge in [-0.2, -0.15) is 0 Å². The quantitative estimate of drug-likeness (QED) is 0.475. The molecule has 1 fully saturated rings. The van der Waals surface area contributed by atoms with Gasteiger partial charge in [0.2, 0.25) is 11.7 Å². The summed E-state index contributed by atoms with van der Waals surface area (Å²) in [4.78, 5) is 38.1. The molecule has 4 rings (SSSR count). The van der Waals surface area contributed by atoms with E-state index in [4.69, 9.17) is 20.8 Å². The highest BCUT2D eigenvalue weighted by Gasteiger charge is 2.25. The summed E-state index contributed by atoms with van der Waals surface area (Å²) in [5.74, 6) is -1.01. The number of rotatable bonds is 5. The molecule has 0 radical (unpaired) electrons. The first kappa shape index (κ1) is 18.3. The maximum absolute atomic E-state index is 12.4. The lowest BCUT2D eigenvalue weighted by molar-refractivity contribution is -0.117. The Morgan fingerprint density at radius 2 is 1.96 bits per heavy atom. The van der Waals surface area contributed by atoms with Crippen LogP contribution in [0.1, 0.15) is 33.8 Å². The van der Waals surface area contributed by atoms with E-state index >= 15 is 0 Å². The molecule has 1 aliphatic heterocycles. The molecule has 1 aliphatic rings. The summed E-state index contributed by atoms with van der Waals surface area (Å²) in [6, 6.07) is 13.4. The number of ether oxygens (including phenoxy) is 1. The zero-order valence-corrected chi connectivity index (χ0v) is 15.6. The van der Waals surface area contributed by atoms with E-state index in [1.165, 1.54) is 12.1 Å². The van der Waals surface area contributed by atoms with Crippen molar-refractivity contribution in [1.29, 1.82) is 0 Å². The lowest BCUT2D eigenvalue weighted by atomic mass is 10.2. The van der Waals surface area contributed by atoms with Crippen LogP contribution in [-0.2, 0) is 9.53 Å². The van der Waals surface area contributed by atoms with Gasteiger partial charge in [0.25, 0.3) is 0 Å². The summed E-state index contributed by atoms with van der Waals surface area (Å²) >= 11 is 6.18. The summed E-state index contributed by atoms with van der Waals surface area (Å²) in [5.41, 5.74) is 1.29. The fraction of sp³-hybridized carbons (Fsp3) is 0.190. The number of fused-ring (bicyclic) bond motifs is 1. The number of hydrogen-bond donors (Lipinski definition) is 0. The second-order valence-electron chi connectivity index (χ2n) is 6.46. The third kappa shape index (κ3) is 3.51. The van der Waals surface area contributed by atoms with Gasteiger partial charge < -0.3 is 14.1 Å². The van der Waals surface area contributed by atoms with Crippen LogP contribution >= 0.6 is 11.6 Å². The highest BCUT2D eigenvalue weighted by atomic mass is 35.5. The van der Waals surface area contributed by atoms with Gasteiger partial charge in [-0.1, -0.05) is 29.8 Å². The van der Waals surface area contributed by atoms with Gasteiger partial charge in [0.1, 0.15) is 5.58 Å². The van der Waals surface area contributed by atoms with Crippen LogP contribution in [0.4, 0.5) is 5.69 Å².